The third-order valence-corrected chi connectivity index (χ3v) is 2.62. The summed E-state index contributed by atoms with van der Waals surface area (Å²) in [5.41, 5.74) is 1.31. The van der Waals surface area contributed by atoms with Crippen LogP contribution in [-0.4, -0.2) is 53.9 Å². The van der Waals surface area contributed by atoms with Crippen LogP contribution in [0.4, 0.5) is 0 Å². The van der Waals surface area contributed by atoms with Gasteiger partial charge in [-0.1, -0.05) is 0 Å². The molecule has 0 spiro atoms. The van der Waals surface area contributed by atoms with Gasteiger partial charge in [0.2, 0.25) is 0 Å². The van der Waals surface area contributed by atoms with E-state index in [1.54, 1.807) is 36.2 Å². The molecule has 2 N–H and O–H groups in total. The van der Waals surface area contributed by atoms with Crippen LogP contribution in [0.3, 0.4) is 0 Å². The summed E-state index contributed by atoms with van der Waals surface area (Å²) in [6.07, 6.45) is 3.28. The molecule has 2 rings (SSSR count). The van der Waals surface area contributed by atoms with Crippen LogP contribution in [0.15, 0.2) is 24.7 Å². The summed E-state index contributed by atoms with van der Waals surface area (Å²) in [4.78, 5) is 11.9. The molecule has 2 aromatic rings. The third kappa shape index (κ3) is 3.73. The fraction of sp³-hybridized carbons (Fsp3) is 0.417. The van der Waals surface area contributed by atoms with Crippen molar-refractivity contribution in [1.29, 1.82) is 0 Å². The highest BCUT2D eigenvalue weighted by Crippen LogP contribution is 2.03. The first-order valence-corrected chi connectivity index (χ1v) is 6.08. The van der Waals surface area contributed by atoms with Crippen LogP contribution in [0, 0.1) is 0 Å². The summed E-state index contributed by atoms with van der Waals surface area (Å²) in [7, 11) is 1.66. The van der Waals surface area contributed by atoms with Crippen molar-refractivity contribution in [3.8, 4) is 0 Å². The number of amides is 1. The van der Waals surface area contributed by atoms with Gasteiger partial charge in [0, 0.05) is 32.9 Å². The average molecular weight is 263 g/mol. The van der Waals surface area contributed by atoms with Gasteiger partial charge in [0.05, 0.1) is 12.2 Å². The number of pyridine rings is 1. The number of hydrogen-bond donors (Lipinski definition) is 2. The molecule has 7 heteroatoms. The molecular formula is C12H17N5O2. The summed E-state index contributed by atoms with van der Waals surface area (Å²) in [6, 6.07) is 3.50. The van der Waals surface area contributed by atoms with Gasteiger partial charge in [0.15, 0.2) is 5.65 Å². The van der Waals surface area contributed by atoms with E-state index in [2.05, 4.69) is 20.8 Å². The number of methoxy groups -OCH3 is 1. The Morgan fingerprint density at radius 1 is 1.37 bits per heavy atom. The molecule has 7 nitrogen and oxygen atoms in total. The maximum atomic E-state index is 11.9. The molecule has 0 bridgehead atoms. The number of carbonyl (C=O) groups is 1. The minimum absolute atomic E-state index is 0.107. The Hall–Kier alpha value is -1.99. The number of aromatic nitrogens is 3. The number of fused-ring (bicyclic) bond motifs is 1. The van der Waals surface area contributed by atoms with Gasteiger partial charge in [-0.25, -0.2) is 0 Å². The number of carbonyl (C=O) groups excluding carboxylic acids is 1. The average Bonchev–Trinajstić information content (AvgIpc) is 2.89. The van der Waals surface area contributed by atoms with Crippen LogP contribution in [0.2, 0.25) is 0 Å². The van der Waals surface area contributed by atoms with E-state index in [9.17, 15) is 4.79 Å². The Labute approximate surface area is 111 Å². The third-order valence-electron chi connectivity index (χ3n) is 2.62. The number of nitrogens with zero attached hydrogens (tertiary/aromatic N) is 3. The van der Waals surface area contributed by atoms with Gasteiger partial charge in [-0.15, -0.1) is 10.2 Å². The molecule has 19 heavy (non-hydrogen) atoms. The molecule has 0 saturated carbocycles. The number of rotatable bonds is 7. The molecule has 0 aliphatic carbocycles. The quantitative estimate of drug-likeness (QED) is 0.670. The normalized spacial score (nSPS) is 10.8. The Bertz CT molecular complexity index is 540. The van der Waals surface area contributed by atoms with Gasteiger partial charge in [0.1, 0.15) is 6.33 Å². The first-order valence-electron chi connectivity index (χ1n) is 6.08. The molecule has 0 aromatic carbocycles. The first kappa shape index (κ1) is 13.4. The maximum Gasteiger partial charge on any atom is 0.252 e. The first-order chi connectivity index (χ1) is 9.31. The van der Waals surface area contributed by atoms with Crippen molar-refractivity contribution in [3.63, 3.8) is 0 Å². The predicted molar refractivity (Wildman–Crippen MR) is 70.1 cm³/mol. The molecular weight excluding hydrogens is 246 g/mol. The molecule has 2 aromatic heterocycles. The van der Waals surface area contributed by atoms with E-state index in [0.717, 1.165) is 12.2 Å². The van der Waals surface area contributed by atoms with E-state index < -0.39 is 0 Å². The Morgan fingerprint density at radius 3 is 3.11 bits per heavy atom. The van der Waals surface area contributed by atoms with E-state index in [0.29, 0.717) is 25.3 Å². The smallest absolute Gasteiger partial charge is 0.252 e. The van der Waals surface area contributed by atoms with Crippen LogP contribution in [-0.2, 0) is 4.74 Å². The summed E-state index contributed by atoms with van der Waals surface area (Å²) < 4.78 is 6.62. The van der Waals surface area contributed by atoms with Crippen LogP contribution in [0.25, 0.3) is 5.65 Å². The molecule has 0 atom stereocenters. The lowest BCUT2D eigenvalue weighted by Crippen LogP contribution is -2.33. The van der Waals surface area contributed by atoms with Crippen LogP contribution < -0.4 is 10.6 Å². The lowest BCUT2D eigenvalue weighted by atomic mass is 10.2. The van der Waals surface area contributed by atoms with Crippen molar-refractivity contribution in [3.05, 3.63) is 30.2 Å². The highest BCUT2D eigenvalue weighted by Gasteiger charge is 2.06. The molecule has 1 amide bonds. The van der Waals surface area contributed by atoms with Gasteiger partial charge < -0.3 is 15.4 Å². The van der Waals surface area contributed by atoms with Crippen LogP contribution in [0.1, 0.15) is 10.4 Å². The second kappa shape index (κ2) is 6.81. The number of ether oxygens (including phenoxy) is 1. The van der Waals surface area contributed by atoms with Crippen molar-refractivity contribution in [2.45, 2.75) is 0 Å². The second-order valence-electron chi connectivity index (χ2n) is 4.01. The van der Waals surface area contributed by atoms with E-state index in [1.165, 1.54) is 0 Å². The molecule has 0 unspecified atom stereocenters. The minimum Gasteiger partial charge on any atom is -0.383 e. The Morgan fingerprint density at radius 2 is 2.26 bits per heavy atom. The molecule has 0 radical (unpaired) electrons. The SMILES string of the molecule is COCCNCCNC(=O)c1ccc2nncn2c1. The van der Waals surface area contributed by atoms with E-state index in [-0.39, 0.29) is 5.91 Å². The zero-order valence-corrected chi connectivity index (χ0v) is 10.8. The lowest BCUT2D eigenvalue weighted by Gasteiger charge is -2.06. The largest absolute Gasteiger partial charge is 0.383 e. The van der Waals surface area contributed by atoms with Crippen LogP contribution in [0.5, 0.6) is 0 Å². The van der Waals surface area contributed by atoms with Crippen molar-refractivity contribution < 1.29 is 9.53 Å². The fourth-order valence-electron chi connectivity index (χ4n) is 1.63. The molecule has 102 valence electrons. The highest BCUT2D eigenvalue weighted by molar-refractivity contribution is 5.94. The predicted octanol–water partition coefficient (Wildman–Crippen LogP) is -0.305. The van der Waals surface area contributed by atoms with Gasteiger partial charge in [-0.2, -0.15) is 0 Å². The summed E-state index contributed by atoms with van der Waals surface area (Å²) in [6.45, 7) is 2.73. The van der Waals surface area contributed by atoms with Crippen molar-refractivity contribution in [1.82, 2.24) is 25.2 Å². The molecule has 0 aliphatic heterocycles. The van der Waals surface area contributed by atoms with Gasteiger partial charge in [-0.05, 0) is 12.1 Å². The standard InChI is InChI=1S/C12H17N5O2/c1-19-7-6-13-4-5-14-12(18)10-2-3-11-16-15-9-17(11)8-10/h2-3,8-9,13H,4-7H2,1H3,(H,14,18). The maximum absolute atomic E-state index is 11.9. The van der Waals surface area contributed by atoms with Crippen molar-refractivity contribution >= 4 is 11.6 Å². The summed E-state index contributed by atoms with van der Waals surface area (Å²) in [5, 5.41) is 13.6. The molecule has 2 heterocycles. The Balaban J connectivity index is 1.79. The highest BCUT2D eigenvalue weighted by atomic mass is 16.5. The van der Waals surface area contributed by atoms with Gasteiger partial charge in [0.25, 0.3) is 5.91 Å². The summed E-state index contributed by atoms with van der Waals surface area (Å²) >= 11 is 0. The lowest BCUT2D eigenvalue weighted by molar-refractivity contribution is 0.0953. The van der Waals surface area contributed by atoms with Crippen molar-refractivity contribution in [2.24, 2.45) is 0 Å². The molecule has 0 aliphatic rings. The van der Waals surface area contributed by atoms with E-state index in [4.69, 9.17) is 4.74 Å². The van der Waals surface area contributed by atoms with Crippen LogP contribution >= 0.6 is 0 Å². The zero-order valence-electron chi connectivity index (χ0n) is 10.8. The summed E-state index contributed by atoms with van der Waals surface area (Å²) in [5.74, 6) is -0.107. The Kier molecular flexibility index (Phi) is 4.82. The van der Waals surface area contributed by atoms with Crippen molar-refractivity contribution in [2.75, 3.05) is 33.4 Å². The monoisotopic (exact) mass is 263 g/mol. The molecule has 0 fully saturated rings. The van der Waals surface area contributed by atoms with Gasteiger partial charge in [-0.3, -0.25) is 9.20 Å². The van der Waals surface area contributed by atoms with E-state index in [1.807, 2.05) is 0 Å². The topological polar surface area (TPSA) is 80.5 Å². The fourth-order valence-corrected chi connectivity index (χ4v) is 1.63. The minimum atomic E-state index is -0.107. The van der Waals surface area contributed by atoms with Gasteiger partial charge >= 0.3 is 0 Å². The second-order valence-corrected chi connectivity index (χ2v) is 4.01. The van der Waals surface area contributed by atoms with E-state index >= 15 is 0 Å². The molecule has 0 saturated heterocycles. The number of hydrogen-bond acceptors (Lipinski definition) is 5. The zero-order chi connectivity index (χ0) is 13.5. The number of nitrogens with one attached hydrogen (secondary N) is 2.